The molecule has 0 fully saturated rings. The fraction of sp³-hybridized carbons (Fsp3) is 0.200. The predicted molar refractivity (Wildman–Crippen MR) is 134 cm³/mol. The summed E-state index contributed by atoms with van der Waals surface area (Å²) >= 11 is 0. The van der Waals surface area contributed by atoms with Crippen LogP contribution in [0.5, 0.6) is 0 Å². The second kappa shape index (κ2) is 15.2. The SMILES string of the molecule is CP(C)c1ccccc1.CP(C)c1ccccc1.Cc1c[n-][n+](-c2ccccn2)c1.[Os+]. The van der Waals surface area contributed by atoms with Gasteiger partial charge in [0.05, 0.1) is 6.20 Å². The van der Waals surface area contributed by atoms with Gasteiger partial charge in [-0.15, -0.1) is 6.20 Å². The van der Waals surface area contributed by atoms with Crippen molar-refractivity contribution in [2.45, 2.75) is 6.92 Å². The quantitative estimate of drug-likeness (QED) is 0.244. The summed E-state index contributed by atoms with van der Waals surface area (Å²) in [5.41, 5.74) is 1.14. The zero-order valence-electron chi connectivity index (χ0n) is 18.8. The molecule has 2 aromatic carbocycles. The molecule has 2 heterocycles. The van der Waals surface area contributed by atoms with E-state index in [9.17, 15) is 0 Å². The first-order valence-corrected chi connectivity index (χ1v) is 14.3. The zero-order chi connectivity index (χ0) is 21.8. The molecule has 0 saturated carbocycles. The molecular weight excluding hydrogens is 594 g/mol. The van der Waals surface area contributed by atoms with Crippen LogP contribution in [0.1, 0.15) is 5.56 Å². The molecule has 4 aromatic rings. The molecule has 0 spiro atoms. The molecule has 0 aliphatic carbocycles. The number of aromatic nitrogens is 3. The second-order valence-electron chi connectivity index (χ2n) is 7.11. The number of hydrogen-bond acceptors (Lipinski definition) is 1. The van der Waals surface area contributed by atoms with Gasteiger partial charge in [-0.05, 0) is 55.8 Å². The number of pyridine rings is 1. The maximum atomic E-state index is 4.16. The molecule has 2 aromatic heterocycles. The van der Waals surface area contributed by atoms with Crippen molar-refractivity contribution in [1.82, 2.24) is 10.1 Å². The number of rotatable bonds is 3. The van der Waals surface area contributed by atoms with Crippen LogP contribution in [0.25, 0.3) is 5.82 Å². The summed E-state index contributed by atoms with van der Waals surface area (Å²) in [6.07, 6.45) is 5.52. The van der Waals surface area contributed by atoms with Crippen LogP contribution in [0.4, 0.5) is 0 Å². The van der Waals surface area contributed by atoms with Crippen molar-refractivity contribution in [3.63, 3.8) is 0 Å². The summed E-state index contributed by atoms with van der Waals surface area (Å²) in [4.78, 5) is 4.16. The standard InChI is InChI=1S/C9H9N3.2C8H11P.Os/c1-8-6-11-12(7-8)9-4-2-3-5-10-9;2*1-9(2)8-6-4-3-5-7-8;/h2-7H,1H3;2*3-7H,1-2H3;/q;;;+1. The van der Waals surface area contributed by atoms with E-state index in [2.05, 4.69) is 97.4 Å². The molecule has 0 aliphatic rings. The fourth-order valence-corrected chi connectivity index (χ4v) is 4.02. The van der Waals surface area contributed by atoms with E-state index in [1.807, 2.05) is 37.5 Å². The largest absolute Gasteiger partial charge is 1.00 e. The van der Waals surface area contributed by atoms with Crippen LogP contribution in [0, 0.1) is 6.92 Å². The zero-order valence-corrected chi connectivity index (χ0v) is 23.2. The van der Waals surface area contributed by atoms with Crippen molar-refractivity contribution in [2.75, 3.05) is 26.7 Å². The number of aryl methyl sites for hydroxylation is 1. The van der Waals surface area contributed by atoms with E-state index >= 15 is 0 Å². The molecule has 0 saturated heterocycles. The molecule has 0 unspecified atom stereocenters. The normalized spacial score (nSPS) is 9.77. The maximum absolute atomic E-state index is 4.16. The average molecular weight is 626 g/mol. The van der Waals surface area contributed by atoms with Gasteiger partial charge in [-0.25, -0.2) is 0 Å². The molecule has 163 valence electrons. The third-order valence-electron chi connectivity index (χ3n) is 4.14. The Morgan fingerprint density at radius 1 is 0.710 bits per heavy atom. The first-order valence-electron chi connectivity index (χ1n) is 9.85. The fourth-order valence-electron chi connectivity index (χ4n) is 2.48. The molecule has 31 heavy (non-hydrogen) atoms. The van der Waals surface area contributed by atoms with E-state index in [1.165, 1.54) is 10.6 Å². The molecule has 1 radical (unpaired) electrons. The molecule has 4 rings (SSSR count). The maximum Gasteiger partial charge on any atom is 1.00 e. The van der Waals surface area contributed by atoms with Gasteiger partial charge in [-0.1, -0.05) is 87.6 Å². The Balaban J connectivity index is 0.000000233. The molecule has 0 amide bonds. The van der Waals surface area contributed by atoms with Gasteiger partial charge in [-0.2, -0.15) is 0 Å². The van der Waals surface area contributed by atoms with E-state index in [4.69, 9.17) is 0 Å². The summed E-state index contributed by atoms with van der Waals surface area (Å²) in [5.74, 6) is 0.852. The minimum atomic E-state index is 0. The Kier molecular flexibility index (Phi) is 13.4. The minimum Gasteiger partial charge on any atom is -0.500 e. The molecule has 3 nitrogen and oxygen atoms in total. The summed E-state index contributed by atoms with van der Waals surface area (Å²) in [7, 11) is 0.209. The summed E-state index contributed by atoms with van der Waals surface area (Å²) in [6.45, 7) is 11.1. The van der Waals surface area contributed by atoms with Crippen LogP contribution in [-0.2, 0) is 19.8 Å². The van der Waals surface area contributed by atoms with Crippen molar-refractivity contribution in [3.05, 3.63) is 103 Å². The van der Waals surface area contributed by atoms with E-state index in [1.54, 1.807) is 10.9 Å². The average Bonchev–Trinajstić information content (AvgIpc) is 3.23. The topological polar surface area (TPSA) is 30.9 Å². The third kappa shape index (κ3) is 10.4. The van der Waals surface area contributed by atoms with Crippen molar-refractivity contribution in [3.8, 4) is 5.82 Å². The van der Waals surface area contributed by atoms with Crippen LogP contribution in [-0.4, -0.2) is 31.6 Å². The first-order chi connectivity index (χ1) is 14.5. The Bertz CT molecular complexity index is 916. The molecule has 0 N–H and O–H groups in total. The third-order valence-corrected chi connectivity index (χ3v) is 6.80. The van der Waals surface area contributed by atoms with Gasteiger partial charge in [-0.3, -0.25) is 4.68 Å². The van der Waals surface area contributed by atoms with E-state index < -0.39 is 0 Å². The monoisotopic (exact) mass is 627 g/mol. The van der Waals surface area contributed by atoms with E-state index in [0.717, 1.165) is 11.4 Å². The molecule has 0 atom stereocenters. The molecule has 0 bridgehead atoms. The van der Waals surface area contributed by atoms with Crippen molar-refractivity contribution >= 4 is 26.5 Å². The number of benzene rings is 2. The minimum absolute atomic E-state index is 0. The first kappa shape index (κ1) is 27.3. The van der Waals surface area contributed by atoms with Crippen LogP contribution in [0.3, 0.4) is 0 Å². The molecular formula is C25H31N3OsP2+. The summed E-state index contributed by atoms with van der Waals surface area (Å²) in [6, 6.07) is 27.0. The van der Waals surface area contributed by atoms with E-state index in [-0.39, 0.29) is 35.6 Å². The van der Waals surface area contributed by atoms with Crippen LogP contribution in [0.15, 0.2) is 97.5 Å². The van der Waals surface area contributed by atoms with Crippen molar-refractivity contribution < 1.29 is 24.5 Å². The van der Waals surface area contributed by atoms with Crippen LogP contribution in [0.2, 0.25) is 0 Å². The van der Waals surface area contributed by atoms with Crippen LogP contribution < -0.4 is 20.4 Å². The van der Waals surface area contributed by atoms with Gasteiger partial charge in [0.1, 0.15) is 6.20 Å². The number of hydrogen-bond donors (Lipinski definition) is 0. The van der Waals surface area contributed by atoms with Crippen molar-refractivity contribution in [2.24, 2.45) is 0 Å². The Morgan fingerprint density at radius 2 is 1.19 bits per heavy atom. The van der Waals surface area contributed by atoms with E-state index in [0.29, 0.717) is 0 Å². The van der Waals surface area contributed by atoms with Gasteiger partial charge in [0.2, 0.25) is 0 Å². The summed E-state index contributed by atoms with van der Waals surface area (Å²) in [5, 5.41) is 7.10. The van der Waals surface area contributed by atoms with Gasteiger partial charge in [0, 0.05) is 6.07 Å². The second-order valence-corrected chi connectivity index (χ2v) is 11.7. The van der Waals surface area contributed by atoms with Crippen molar-refractivity contribution in [1.29, 1.82) is 0 Å². The van der Waals surface area contributed by atoms with Gasteiger partial charge >= 0.3 is 25.6 Å². The van der Waals surface area contributed by atoms with Gasteiger partial charge in [0.15, 0.2) is 0 Å². The smallest absolute Gasteiger partial charge is 0.500 e. The van der Waals surface area contributed by atoms with Crippen LogP contribution >= 0.6 is 15.8 Å². The number of nitrogens with zero attached hydrogens (tertiary/aromatic N) is 3. The summed E-state index contributed by atoms with van der Waals surface area (Å²) < 4.78 is 1.76. The van der Waals surface area contributed by atoms with Gasteiger partial charge < -0.3 is 5.10 Å². The van der Waals surface area contributed by atoms with Gasteiger partial charge in [0.25, 0.3) is 0 Å². The molecule has 0 aliphatic heterocycles. The Morgan fingerprint density at radius 3 is 1.52 bits per heavy atom. The predicted octanol–water partition coefficient (Wildman–Crippen LogP) is 4.73. The Hall–Kier alpha value is -1.70. The Labute approximate surface area is 202 Å². The molecule has 6 heteroatoms.